The number of rotatable bonds is 8. The molecule has 6 nitrogen and oxygen atoms in total. The second kappa shape index (κ2) is 9.73. The van der Waals surface area contributed by atoms with Crippen LogP contribution in [0.1, 0.15) is 41.8 Å². The number of thiazole rings is 1. The molecule has 2 aromatic rings. The second-order valence-corrected chi connectivity index (χ2v) is 7.58. The predicted molar refractivity (Wildman–Crippen MR) is 107 cm³/mol. The minimum atomic E-state index is 0.254. The monoisotopic (exact) mass is 375 g/mol. The molecule has 1 saturated heterocycles. The van der Waals surface area contributed by atoms with Gasteiger partial charge in [0.2, 0.25) is 0 Å². The minimum absolute atomic E-state index is 0.254. The van der Waals surface area contributed by atoms with E-state index in [1.54, 1.807) is 17.6 Å². The topological polar surface area (TPSA) is 65.7 Å². The standard InChI is InChI=1S/C19H29N5OS/c1-15-14-26-18(23-15)8-5-9-21-19(20-2)22-13-16(17-7-6-12-25-17)24-10-3-4-11-24/h6-7,12,14,16H,3-5,8-11,13H2,1-2H3,(H2,20,21,22). The maximum atomic E-state index is 5.68. The van der Waals surface area contributed by atoms with Gasteiger partial charge in [-0.25, -0.2) is 4.98 Å². The molecule has 0 radical (unpaired) electrons. The summed E-state index contributed by atoms with van der Waals surface area (Å²) >= 11 is 1.74. The summed E-state index contributed by atoms with van der Waals surface area (Å²) in [5.41, 5.74) is 1.11. The van der Waals surface area contributed by atoms with Crippen LogP contribution in [0.4, 0.5) is 0 Å². The van der Waals surface area contributed by atoms with Gasteiger partial charge in [0.15, 0.2) is 5.96 Å². The Morgan fingerprint density at radius 1 is 1.38 bits per heavy atom. The van der Waals surface area contributed by atoms with E-state index in [0.29, 0.717) is 0 Å². The van der Waals surface area contributed by atoms with Gasteiger partial charge in [0.25, 0.3) is 0 Å². The van der Waals surface area contributed by atoms with Crippen molar-refractivity contribution in [3.8, 4) is 0 Å². The summed E-state index contributed by atoms with van der Waals surface area (Å²) in [7, 11) is 1.82. The highest BCUT2D eigenvalue weighted by molar-refractivity contribution is 7.09. The largest absolute Gasteiger partial charge is 0.468 e. The smallest absolute Gasteiger partial charge is 0.191 e. The lowest BCUT2D eigenvalue weighted by atomic mass is 10.2. The van der Waals surface area contributed by atoms with E-state index in [4.69, 9.17) is 4.42 Å². The molecule has 2 aromatic heterocycles. The minimum Gasteiger partial charge on any atom is -0.468 e. The van der Waals surface area contributed by atoms with Crippen molar-refractivity contribution in [3.63, 3.8) is 0 Å². The van der Waals surface area contributed by atoms with E-state index in [1.165, 1.54) is 17.8 Å². The molecule has 1 aliphatic rings. The van der Waals surface area contributed by atoms with Crippen molar-refractivity contribution in [2.75, 3.05) is 33.2 Å². The summed E-state index contributed by atoms with van der Waals surface area (Å²) in [6.45, 7) is 5.98. The third-order valence-corrected chi connectivity index (χ3v) is 5.69. The zero-order chi connectivity index (χ0) is 18.2. The van der Waals surface area contributed by atoms with E-state index >= 15 is 0 Å². The molecule has 0 saturated carbocycles. The Labute approximate surface area is 159 Å². The van der Waals surface area contributed by atoms with E-state index in [-0.39, 0.29) is 6.04 Å². The Morgan fingerprint density at radius 2 is 2.23 bits per heavy atom. The fourth-order valence-corrected chi connectivity index (χ4v) is 4.14. The summed E-state index contributed by atoms with van der Waals surface area (Å²) < 4.78 is 5.68. The van der Waals surface area contributed by atoms with Crippen LogP contribution < -0.4 is 10.6 Å². The third kappa shape index (κ3) is 5.32. The molecule has 7 heteroatoms. The SMILES string of the molecule is CN=C(NCCCc1nc(C)cs1)NCC(c1ccco1)N1CCCC1. The first-order valence-corrected chi connectivity index (χ1v) is 10.3. The number of hydrogen-bond donors (Lipinski definition) is 2. The van der Waals surface area contributed by atoms with Crippen LogP contribution >= 0.6 is 11.3 Å². The lowest BCUT2D eigenvalue weighted by molar-refractivity contribution is 0.215. The molecule has 1 fully saturated rings. The molecular weight excluding hydrogens is 346 g/mol. The fourth-order valence-electron chi connectivity index (χ4n) is 3.32. The molecule has 0 amide bonds. The van der Waals surface area contributed by atoms with Crippen molar-refractivity contribution in [2.24, 2.45) is 4.99 Å². The highest BCUT2D eigenvalue weighted by Crippen LogP contribution is 2.24. The highest BCUT2D eigenvalue weighted by atomic mass is 32.1. The van der Waals surface area contributed by atoms with Crippen LogP contribution in [0.2, 0.25) is 0 Å². The lowest BCUT2D eigenvalue weighted by Gasteiger charge is -2.26. The quantitative estimate of drug-likeness (QED) is 0.422. The molecule has 1 unspecified atom stereocenters. The number of furan rings is 1. The van der Waals surface area contributed by atoms with Crippen LogP contribution in [0.25, 0.3) is 0 Å². The molecule has 26 heavy (non-hydrogen) atoms. The molecule has 0 bridgehead atoms. The van der Waals surface area contributed by atoms with Crippen molar-refractivity contribution < 1.29 is 4.42 Å². The van der Waals surface area contributed by atoms with Crippen LogP contribution in [0.15, 0.2) is 33.2 Å². The maximum Gasteiger partial charge on any atom is 0.191 e. The average Bonchev–Trinajstić information content (AvgIpc) is 3.40. The van der Waals surface area contributed by atoms with Gasteiger partial charge in [0, 0.05) is 37.6 Å². The first kappa shape index (κ1) is 18.9. The van der Waals surface area contributed by atoms with Crippen molar-refractivity contribution in [2.45, 2.75) is 38.6 Å². The van der Waals surface area contributed by atoms with Gasteiger partial charge >= 0.3 is 0 Å². The van der Waals surface area contributed by atoms with Crippen molar-refractivity contribution >= 4 is 17.3 Å². The van der Waals surface area contributed by atoms with Gasteiger partial charge in [-0.05, 0) is 51.4 Å². The van der Waals surface area contributed by atoms with Gasteiger partial charge in [0.05, 0.1) is 17.3 Å². The number of aryl methyl sites for hydroxylation is 2. The third-order valence-electron chi connectivity index (χ3n) is 4.67. The summed E-state index contributed by atoms with van der Waals surface area (Å²) in [6.07, 6.45) is 6.33. The number of aliphatic imine (C=N–C) groups is 1. The molecule has 1 atom stereocenters. The van der Waals surface area contributed by atoms with Gasteiger partial charge in [0.1, 0.15) is 5.76 Å². The molecule has 0 aliphatic carbocycles. The normalized spacial score (nSPS) is 16.8. The van der Waals surface area contributed by atoms with Crippen LogP contribution in [-0.2, 0) is 6.42 Å². The van der Waals surface area contributed by atoms with Crippen LogP contribution in [0.5, 0.6) is 0 Å². The Morgan fingerprint density at radius 3 is 2.88 bits per heavy atom. The zero-order valence-electron chi connectivity index (χ0n) is 15.7. The van der Waals surface area contributed by atoms with Gasteiger partial charge in [-0.1, -0.05) is 0 Å². The van der Waals surface area contributed by atoms with E-state index in [9.17, 15) is 0 Å². The van der Waals surface area contributed by atoms with Crippen molar-refractivity contribution in [1.29, 1.82) is 0 Å². The van der Waals surface area contributed by atoms with Gasteiger partial charge in [-0.3, -0.25) is 9.89 Å². The summed E-state index contributed by atoms with van der Waals surface area (Å²) in [4.78, 5) is 11.3. The van der Waals surface area contributed by atoms with E-state index in [0.717, 1.165) is 56.4 Å². The number of guanidine groups is 1. The first-order valence-electron chi connectivity index (χ1n) is 9.39. The molecule has 142 valence electrons. The average molecular weight is 376 g/mol. The highest BCUT2D eigenvalue weighted by Gasteiger charge is 2.25. The molecule has 0 aromatic carbocycles. The van der Waals surface area contributed by atoms with Crippen LogP contribution in [-0.4, -0.2) is 49.1 Å². The number of nitrogens with one attached hydrogen (secondary N) is 2. The summed E-state index contributed by atoms with van der Waals surface area (Å²) in [5, 5.41) is 10.2. The zero-order valence-corrected chi connectivity index (χ0v) is 16.5. The summed E-state index contributed by atoms with van der Waals surface area (Å²) in [6, 6.07) is 4.28. The number of likely N-dealkylation sites (tertiary alicyclic amines) is 1. The maximum absolute atomic E-state index is 5.68. The molecule has 1 aliphatic heterocycles. The Kier molecular flexibility index (Phi) is 7.08. The van der Waals surface area contributed by atoms with Crippen molar-refractivity contribution in [1.82, 2.24) is 20.5 Å². The Bertz CT molecular complexity index is 676. The molecule has 3 heterocycles. The molecule has 2 N–H and O–H groups in total. The van der Waals surface area contributed by atoms with Gasteiger partial charge in [-0.15, -0.1) is 11.3 Å². The second-order valence-electron chi connectivity index (χ2n) is 6.64. The Hall–Kier alpha value is -1.86. The fraction of sp³-hybridized carbons (Fsp3) is 0.579. The van der Waals surface area contributed by atoms with E-state index < -0.39 is 0 Å². The van der Waals surface area contributed by atoms with E-state index in [1.807, 2.05) is 20.0 Å². The van der Waals surface area contributed by atoms with Gasteiger partial charge in [-0.2, -0.15) is 0 Å². The van der Waals surface area contributed by atoms with E-state index in [2.05, 4.69) is 37.0 Å². The molecular formula is C19H29N5OS. The number of aromatic nitrogens is 1. The van der Waals surface area contributed by atoms with Crippen LogP contribution in [0.3, 0.4) is 0 Å². The van der Waals surface area contributed by atoms with Crippen molar-refractivity contribution in [3.05, 3.63) is 40.2 Å². The lowest BCUT2D eigenvalue weighted by Crippen LogP contribution is -2.42. The molecule has 3 rings (SSSR count). The Balaban J connectivity index is 1.44. The predicted octanol–water partition coefficient (Wildman–Crippen LogP) is 2.98. The molecule has 0 spiro atoms. The van der Waals surface area contributed by atoms with Crippen LogP contribution in [0, 0.1) is 6.92 Å². The summed E-state index contributed by atoms with van der Waals surface area (Å²) in [5.74, 6) is 1.87. The number of hydrogen-bond acceptors (Lipinski definition) is 5. The van der Waals surface area contributed by atoms with Gasteiger partial charge < -0.3 is 15.1 Å². The first-order chi connectivity index (χ1) is 12.8. The number of nitrogens with zero attached hydrogens (tertiary/aromatic N) is 3.